The van der Waals surface area contributed by atoms with Gasteiger partial charge in [0, 0.05) is 39.3 Å². The molecule has 0 spiro atoms. The van der Waals surface area contributed by atoms with Gasteiger partial charge >= 0.3 is 0 Å². The standard InChI is InChI=1S/C18H29N3O4S2/c1-15-13-16(2)18(17(3)14-15)26(22,23)19-9-11-21(12-10-19)27(24,25)20-7-5-4-6-8-20/h13-14H,4-12H2,1-3H3. The molecule has 0 amide bonds. The molecule has 0 unspecified atom stereocenters. The Kier molecular flexibility index (Phi) is 5.98. The monoisotopic (exact) mass is 415 g/mol. The van der Waals surface area contributed by atoms with Crippen LogP contribution in [0.25, 0.3) is 0 Å². The molecule has 2 saturated heterocycles. The van der Waals surface area contributed by atoms with Gasteiger partial charge in [-0.15, -0.1) is 0 Å². The third-order valence-electron chi connectivity index (χ3n) is 5.37. The maximum absolute atomic E-state index is 13.1. The lowest BCUT2D eigenvalue weighted by molar-refractivity contribution is 0.245. The third-order valence-corrected chi connectivity index (χ3v) is 9.61. The first-order chi connectivity index (χ1) is 12.6. The number of piperazine rings is 1. The van der Waals surface area contributed by atoms with Crippen LogP contribution in [-0.2, 0) is 20.2 Å². The van der Waals surface area contributed by atoms with E-state index >= 15 is 0 Å². The van der Waals surface area contributed by atoms with Crippen molar-refractivity contribution in [2.45, 2.75) is 44.9 Å². The molecule has 9 heteroatoms. The van der Waals surface area contributed by atoms with Gasteiger partial charge in [0.15, 0.2) is 0 Å². The highest BCUT2D eigenvalue weighted by molar-refractivity contribution is 7.89. The zero-order valence-electron chi connectivity index (χ0n) is 16.3. The summed E-state index contributed by atoms with van der Waals surface area (Å²) in [5.74, 6) is 0. The van der Waals surface area contributed by atoms with Crippen molar-refractivity contribution in [1.82, 2.24) is 12.9 Å². The number of benzene rings is 1. The number of sulfonamides is 1. The summed E-state index contributed by atoms with van der Waals surface area (Å²) in [6.45, 7) is 7.44. The number of aryl methyl sites for hydroxylation is 3. The van der Waals surface area contributed by atoms with E-state index < -0.39 is 20.2 Å². The third kappa shape index (κ3) is 4.07. The summed E-state index contributed by atoms with van der Waals surface area (Å²) < 4.78 is 56.3. The Morgan fingerprint density at radius 3 is 1.63 bits per heavy atom. The molecular weight excluding hydrogens is 386 g/mol. The van der Waals surface area contributed by atoms with Crippen LogP contribution in [0.3, 0.4) is 0 Å². The van der Waals surface area contributed by atoms with Crippen LogP contribution in [0.2, 0.25) is 0 Å². The minimum atomic E-state index is -3.64. The van der Waals surface area contributed by atoms with E-state index in [1.807, 2.05) is 32.9 Å². The maximum atomic E-state index is 13.1. The highest BCUT2D eigenvalue weighted by Crippen LogP contribution is 2.27. The van der Waals surface area contributed by atoms with Crippen molar-refractivity contribution in [3.63, 3.8) is 0 Å². The van der Waals surface area contributed by atoms with E-state index in [4.69, 9.17) is 0 Å². The molecule has 27 heavy (non-hydrogen) atoms. The molecule has 7 nitrogen and oxygen atoms in total. The normalized spacial score (nSPS) is 21.4. The largest absolute Gasteiger partial charge is 0.282 e. The van der Waals surface area contributed by atoms with Crippen molar-refractivity contribution in [1.29, 1.82) is 0 Å². The summed E-state index contributed by atoms with van der Waals surface area (Å²) in [7, 11) is -7.13. The van der Waals surface area contributed by atoms with E-state index in [-0.39, 0.29) is 26.2 Å². The topological polar surface area (TPSA) is 78.0 Å². The Hall–Kier alpha value is -1.00. The minimum Gasteiger partial charge on any atom is -0.207 e. The molecule has 1 aromatic carbocycles. The lowest BCUT2D eigenvalue weighted by Gasteiger charge is -2.37. The maximum Gasteiger partial charge on any atom is 0.282 e. The van der Waals surface area contributed by atoms with E-state index in [0.717, 1.165) is 36.0 Å². The van der Waals surface area contributed by atoms with Crippen molar-refractivity contribution >= 4 is 20.2 Å². The fourth-order valence-corrected chi connectivity index (χ4v) is 7.61. The van der Waals surface area contributed by atoms with Crippen LogP contribution in [0.1, 0.15) is 36.0 Å². The van der Waals surface area contributed by atoms with Gasteiger partial charge in [-0.3, -0.25) is 0 Å². The fraction of sp³-hybridized carbons (Fsp3) is 0.667. The van der Waals surface area contributed by atoms with Gasteiger partial charge in [-0.05, 0) is 44.7 Å². The second-order valence-electron chi connectivity index (χ2n) is 7.50. The van der Waals surface area contributed by atoms with E-state index in [9.17, 15) is 16.8 Å². The zero-order chi connectivity index (χ0) is 19.8. The van der Waals surface area contributed by atoms with Crippen molar-refractivity contribution in [2.24, 2.45) is 0 Å². The molecule has 0 N–H and O–H groups in total. The van der Waals surface area contributed by atoms with E-state index in [2.05, 4.69) is 0 Å². The average Bonchev–Trinajstić information content (AvgIpc) is 2.61. The highest BCUT2D eigenvalue weighted by atomic mass is 32.2. The zero-order valence-corrected chi connectivity index (χ0v) is 17.9. The summed E-state index contributed by atoms with van der Waals surface area (Å²) in [5.41, 5.74) is 2.49. The predicted molar refractivity (Wildman–Crippen MR) is 105 cm³/mol. The average molecular weight is 416 g/mol. The van der Waals surface area contributed by atoms with Crippen molar-refractivity contribution in [2.75, 3.05) is 39.3 Å². The number of rotatable bonds is 4. The Morgan fingerprint density at radius 2 is 1.11 bits per heavy atom. The van der Waals surface area contributed by atoms with E-state index in [0.29, 0.717) is 18.0 Å². The van der Waals surface area contributed by atoms with Crippen LogP contribution in [0, 0.1) is 20.8 Å². The molecule has 0 aromatic heterocycles. The van der Waals surface area contributed by atoms with Gasteiger partial charge in [-0.25, -0.2) is 8.42 Å². The molecule has 0 radical (unpaired) electrons. The smallest absolute Gasteiger partial charge is 0.207 e. The lowest BCUT2D eigenvalue weighted by atomic mass is 10.1. The molecule has 0 aliphatic carbocycles. The first-order valence-electron chi connectivity index (χ1n) is 9.47. The fourth-order valence-electron chi connectivity index (χ4n) is 4.10. The number of piperidine rings is 1. The summed E-state index contributed by atoms with van der Waals surface area (Å²) in [6, 6.07) is 3.74. The molecule has 152 valence electrons. The van der Waals surface area contributed by atoms with E-state index in [1.165, 1.54) is 12.9 Å². The van der Waals surface area contributed by atoms with Gasteiger partial charge in [0.05, 0.1) is 4.90 Å². The van der Waals surface area contributed by atoms with Gasteiger partial charge in [-0.2, -0.15) is 21.3 Å². The Morgan fingerprint density at radius 1 is 0.667 bits per heavy atom. The second-order valence-corrected chi connectivity index (χ2v) is 11.3. The van der Waals surface area contributed by atoms with Crippen molar-refractivity contribution in [3.8, 4) is 0 Å². The van der Waals surface area contributed by atoms with E-state index in [1.54, 1.807) is 0 Å². The SMILES string of the molecule is Cc1cc(C)c(S(=O)(=O)N2CCN(S(=O)(=O)N3CCCCC3)CC2)c(C)c1. The van der Waals surface area contributed by atoms with Crippen molar-refractivity contribution < 1.29 is 16.8 Å². The van der Waals surface area contributed by atoms with Gasteiger partial charge in [0.1, 0.15) is 0 Å². The number of nitrogens with zero attached hydrogens (tertiary/aromatic N) is 3. The quantitative estimate of drug-likeness (QED) is 0.749. The Balaban J connectivity index is 1.75. The molecular formula is C18H29N3O4S2. The van der Waals surface area contributed by atoms with Crippen LogP contribution in [0.4, 0.5) is 0 Å². The predicted octanol–water partition coefficient (Wildman–Crippen LogP) is 1.65. The van der Waals surface area contributed by atoms with Gasteiger partial charge in [0.25, 0.3) is 10.2 Å². The molecule has 0 atom stereocenters. The van der Waals surface area contributed by atoms with Crippen LogP contribution in [0.5, 0.6) is 0 Å². The molecule has 2 heterocycles. The van der Waals surface area contributed by atoms with Gasteiger partial charge < -0.3 is 0 Å². The summed E-state index contributed by atoms with van der Waals surface area (Å²) in [4.78, 5) is 0.348. The molecule has 2 aliphatic rings. The molecule has 2 aliphatic heterocycles. The van der Waals surface area contributed by atoms with Crippen molar-refractivity contribution in [3.05, 3.63) is 28.8 Å². The molecule has 2 fully saturated rings. The molecule has 3 rings (SSSR count). The highest BCUT2D eigenvalue weighted by Gasteiger charge is 2.37. The van der Waals surface area contributed by atoms with Crippen LogP contribution in [-0.4, -0.2) is 69.0 Å². The molecule has 1 aromatic rings. The Labute approximate surface area is 163 Å². The lowest BCUT2D eigenvalue weighted by Crippen LogP contribution is -2.54. The summed E-state index contributed by atoms with van der Waals surface area (Å²) in [5, 5.41) is 0. The van der Waals surface area contributed by atoms with Crippen LogP contribution in [0.15, 0.2) is 17.0 Å². The molecule has 0 saturated carbocycles. The number of hydrogen-bond acceptors (Lipinski definition) is 4. The second kappa shape index (κ2) is 7.79. The minimum absolute atomic E-state index is 0.183. The number of hydrogen-bond donors (Lipinski definition) is 0. The molecule has 0 bridgehead atoms. The Bertz CT molecular complexity index is 876. The summed E-state index contributed by atoms with van der Waals surface area (Å²) in [6.07, 6.45) is 2.84. The van der Waals surface area contributed by atoms with Crippen LogP contribution < -0.4 is 0 Å². The van der Waals surface area contributed by atoms with Gasteiger partial charge in [0.2, 0.25) is 10.0 Å². The first-order valence-corrected chi connectivity index (χ1v) is 12.3. The van der Waals surface area contributed by atoms with Crippen LogP contribution >= 0.6 is 0 Å². The summed E-state index contributed by atoms with van der Waals surface area (Å²) >= 11 is 0. The first kappa shape index (κ1) is 20.7. The van der Waals surface area contributed by atoms with Gasteiger partial charge in [-0.1, -0.05) is 24.1 Å².